The summed E-state index contributed by atoms with van der Waals surface area (Å²) in [5.74, 6) is 0.526. The van der Waals surface area contributed by atoms with E-state index in [0.717, 1.165) is 0 Å². The number of carbonyl (C=O) groups is 1. The molecule has 1 aromatic carbocycles. The molecule has 2 rings (SSSR count). The number of anilines is 1. The van der Waals surface area contributed by atoms with E-state index in [2.05, 4.69) is 0 Å². The molecule has 0 unspecified atom stereocenters. The summed E-state index contributed by atoms with van der Waals surface area (Å²) < 4.78 is 10.7. The summed E-state index contributed by atoms with van der Waals surface area (Å²) in [5, 5.41) is 0. The fourth-order valence-corrected chi connectivity index (χ4v) is 1.47. The van der Waals surface area contributed by atoms with Gasteiger partial charge in [-0.2, -0.15) is 0 Å². The number of carbonyl (C=O) groups excluding carboxylic acids is 1. The summed E-state index contributed by atoms with van der Waals surface area (Å²) in [5.41, 5.74) is 11.6. The summed E-state index contributed by atoms with van der Waals surface area (Å²) in [6, 6.07) is 4.77. The molecule has 0 saturated heterocycles. The standard InChI is InChI=1S/C12H16N2O3/c13-9-3-4-11(10(5-9)12(14)15)17-7-16-6-8-1-2-8/h3-5,8H,1-2,6-7,13H2,(H2,14,15). The molecule has 1 aliphatic rings. The van der Waals surface area contributed by atoms with Crippen molar-refractivity contribution < 1.29 is 14.3 Å². The molecule has 0 atom stereocenters. The van der Waals surface area contributed by atoms with Gasteiger partial charge in [0.15, 0.2) is 6.79 Å². The number of rotatable bonds is 6. The van der Waals surface area contributed by atoms with E-state index in [1.165, 1.54) is 18.9 Å². The number of amides is 1. The van der Waals surface area contributed by atoms with Crippen molar-refractivity contribution in [3.63, 3.8) is 0 Å². The Hall–Kier alpha value is -1.75. The summed E-state index contributed by atoms with van der Waals surface area (Å²) >= 11 is 0. The van der Waals surface area contributed by atoms with Gasteiger partial charge in [0.25, 0.3) is 5.91 Å². The van der Waals surface area contributed by atoms with Crippen LogP contribution in [0.5, 0.6) is 5.75 Å². The summed E-state index contributed by atoms with van der Waals surface area (Å²) in [6.07, 6.45) is 2.46. The SMILES string of the molecule is NC(=O)c1cc(N)ccc1OCOCC1CC1. The van der Waals surface area contributed by atoms with Crippen LogP contribution in [0.4, 0.5) is 5.69 Å². The van der Waals surface area contributed by atoms with E-state index < -0.39 is 5.91 Å². The first kappa shape index (κ1) is 11.7. The highest BCUT2D eigenvalue weighted by atomic mass is 16.7. The van der Waals surface area contributed by atoms with E-state index in [1.54, 1.807) is 12.1 Å². The first-order valence-corrected chi connectivity index (χ1v) is 5.56. The van der Waals surface area contributed by atoms with Crippen LogP contribution < -0.4 is 16.2 Å². The minimum absolute atomic E-state index is 0.126. The molecule has 5 heteroatoms. The van der Waals surface area contributed by atoms with Crippen LogP contribution in [0.3, 0.4) is 0 Å². The van der Waals surface area contributed by atoms with E-state index in [9.17, 15) is 4.79 Å². The Morgan fingerprint density at radius 1 is 1.41 bits per heavy atom. The molecule has 5 nitrogen and oxygen atoms in total. The molecular weight excluding hydrogens is 220 g/mol. The van der Waals surface area contributed by atoms with Crippen LogP contribution in [0.25, 0.3) is 0 Å². The second-order valence-corrected chi connectivity index (χ2v) is 4.20. The first-order chi connectivity index (χ1) is 8.16. The molecule has 0 heterocycles. The molecule has 1 fully saturated rings. The minimum atomic E-state index is -0.561. The van der Waals surface area contributed by atoms with Gasteiger partial charge in [0.2, 0.25) is 0 Å². The third kappa shape index (κ3) is 3.35. The maximum absolute atomic E-state index is 11.2. The predicted molar refractivity (Wildman–Crippen MR) is 63.5 cm³/mol. The van der Waals surface area contributed by atoms with Gasteiger partial charge < -0.3 is 20.9 Å². The number of benzene rings is 1. The Morgan fingerprint density at radius 3 is 2.82 bits per heavy atom. The van der Waals surface area contributed by atoms with E-state index in [0.29, 0.717) is 24.0 Å². The normalized spacial score (nSPS) is 14.6. The molecule has 4 N–H and O–H groups in total. The van der Waals surface area contributed by atoms with Gasteiger partial charge in [-0.1, -0.05) is 0 Å². The number of hydrogen-bond donors (Lipinski definition) is 2. The zero-order valence-electron chi connectivity index (χ0n) is 9.52. The van der Waals surface area contributed by atoms with Crippen molar-refractivity contribution in [3.8, 4) is 5.75 Å². The van der Waals surface area contributed by atoms with Crippen molar-refractivity contribution in [2.24, 2.45) is 11.7 Å². The van der Waals surface area contributed by atoms with Crippen LogP contribution >= 0.6 is 0 Å². The van der Waals surface area contributed by atoms with E-state index >= 15 is 0 Å². The topological polar surface area (TPSA) is 87.6 Å². The Labute approximate surface area is 99.7 Å². The van der Waals surface area contributed by atoms with Crippen molar-refractivity contribution in [1.29, 1.82) is 0 Å². The third-order valence-electron chi connectivity index (χ3n) is 2.62. The molecule has 92 valence electrons. The summed E-state index contributed by atoms with van der Waals surface area (Å²) in [6.45, 7) is 0.835. The maximum Gasteiger partial charge on any atom is 0.252 e. The predicted octanol–water partition coefficient (Wildman–Crippen LogP) is 1.13. The molecule has 17 heavy (non-hydrogen) atoms. The number of ether oxygens (including phenoxy) is 2. The lowest BCUT2D eigenvalue weighted by atomic mass is 10.1. The Kier molecular flexibility index (Phi) is 3.49. The second-order valence-electron chi connectivity index (χ2n) is 4.20. The molecule has 1 aliphatic carbocycles. The maximum atomic E-state index is 11.2. The zero-order valence-corrected chi connectivity index (χ0v) is 9.52. The van der Waals surface area contributed by atoms with Gasteiger partial charge in [0.1, 0.15) is 5.75 Å². The van der Waals surface area contributed by atoms with E-state index in [4.69, 9.17) is 20.9 Å². The minimum Gasteiger partial charge on any atom is -0.467 e. The fraction of sp³-hybridized carbons (Fsp3) is 0.417. The monoisotopic (exact) mass is 236 g/mol. The Balaban J connectivity index is 1.91. The lowest BCUT2D eigenvalue weighted by Gasteiger charge is -2.10. The highest BCUT2D eigenvalue weighted by molar-refractivity contribution is 5.96. The van der Waals surface area contributed by atoms with Gasteiger partial charge in [0, 0.05) is 5.69 Å². The van der Waals surface area contributed by atoms with Gasteiger partial charge in [0.05, 0.1) is 12.2 Å². The third-order valence-corrected chi connectivity index (χ3v) is 2.62. The van der Waals surface area contributed by atoms with Crippen LogP contribution in [0.2, 0.25) is 0 Å². The lowest BCUT2D eigenvalue weighted by molar-refractivity contribution is 0.00960. The highest BCUT2D eigenvalue weighted by Crippen LogP contribution is 2.29. The van der Waals surface area contributed by atoms with Crippen molar-refractivity contribution >= 4 is 11.6 Å². The average Bonchev–Trinajstić information content (AvgIpc) is 3.09. The van der Waals surface area contributed by atoms with E-state index in [1.807, 2.05) is 0 Å². The number of hydrogen-bond acceptors (Lipinski definition) is 4. The highest BCUT2D eigenvalue weighted by Gasteiger charge is 2.21. The molecule has 0 spiro atoms. The van der Waals surface area contributed by atoms with Gasteiger partial charge in [-0.3, -0.25) is 4.79 Å². The largest absolute Gasteiger partial charge is 0.467 e. The molecule has 0 bridgehead atoms. The Bertz CT molecular complexity index is 416. The van der Waals surface area contributed by atoms with Crippen molar-refractivity contribution in [3.05, 3.63) is 23.8 Å². The van der Waals surface area contributed by atoms with Crippen LogP contribution in [0.1, 0.15) is 23.2 Å². The quantitative estimate of drug-likeness (QED) is 0.440. The molecule has 0 radical (unpaired) electrons. The molecule has 1 amide bonds. The van der Waals surface area contributed by atoms with E-state index in [-0.39, 0.29) is 12.4 Å². The Morgan fingerprint density at radius 2 is 2.18 bits per heavy atom. The van der Waals surface area contributed by atoms with Crippen molar-refractivity contribution in [1.82, 2.24) is 0 Å². The molecule has 0 aromatic heterocycles. The van der Waals surface area contributed by atoms with Crippen LogP contribution in [0, 0.1) is 5.92 Å². The molecule has 1 saturated carbocycles. The van der Waals surface area contributed by atoms with Crippen LogP contribution in [-0.2, 0) is 4.74 Å². The average molecular weight is 236 g/mol. The van der Waals surface area contributed by atoms with Gasteiger partial charge in [-0.15, -0.1) is 0 Å². The zero-order chi connectivity index (χ0) is 12.3. The summed E-state index contributed by atoms with van der Waals surface area (Å²) in [4.78, 5) is 11.2. The van der Waals surface area contributed by atoms with Crippen molar-refractivity contribution in [2.75, 3.05) is 19.1 Å². The second kappa shape index (κ2) is 5.05. The van der Waals surface area contributed by atoms with Crippen LogP contribution in [0.15, 0.2) is 18.2 Å². The van der Waals surface area contributed by atoms with Crippen LogP contribution in [-0.4, -0.2) is 19.3 Å². The van der Waals surface area contributed by atoms with Crippen molar-refractivity contribution in [2.45, 2.75) is 12.8 Å². The molecule has 0 aliphatic heterocycles. The smallest absolute Gasteiger partial charge is 0.252 e. The number of nitrogens with two attached hydrogens (primary N) is 2. The first-order valence-electron chi connectivity index (χ1n) is 5.56. The molecular formula is C12H16N2O3. The molecule has 1 aromatic rings. The van der Waals surface area contributed by atoms with Gasteiger partial charge >= 0.3 is 0 Å². The fourth-order valence-electron chi connectivity index (χ4n) is 1.47. The van der Waals surface area contributed by atoms with Gasteiger partial charge in [-0.05, 0) is 37.0 Å². The number of nitrogen functional groups attached to an aromatic ring is 1. The number of primary amides is 1. The van der Waals surface area contributed by atoms with Gasteiger partial charge in [-0.25, -0.2) is 0 Å². The summed E-state index contributed by atoms with van der Waals surface area (Å²) in [7, 11) is 0. The lowest BCUT2D eigenvalue weighted by Crippen LogP contribution is -2.14.